The Hall–Kier alpha value is -2.11. The predicted molar refractivity (Wildman–Crippen MR) is 96.5 cm³/mol. The number of esters is 1. The second-order valence-corrected chi connectivity index (χ2v) is 8.38. The molecule has 6 heteroatoms. The van der Waals surface area contributed by atoms with Crippen molar-refractivity contribution < 1.29 is 23.5 Å². The van der Waals surface area contributed by atoms with Crippen molar-refractivity contribution in [3.8, 4) is 5.75 Å². The van der Waals surface area contributed by atoms with Crippen LogP contribution in [0.3, 0.4) is 0 Å². The van der Waals surface area contributed by atoms with E-state index in [1.807, 2.05) is 0 Å². The molecule has 1 aromatic rings. The van der Waals surface area contributed by atoms with Crippen LogP contribution in [0.4, 0.5) is 4.39 Å². The Morgan fingerprint density at radius 3 is 2.30 bits per heavy atom. The molecular formula is C21H26FNO4. The molecule has 146 valence electrons. The van der Waals surface area contributed by atoms with Gasteiger partial charge in [-0.15, -0.1) is 0 Å². The Bertz CT molecular complexity index is 685. The van der Waals surface area contributed by atoms with Crippen LogP contribution < -0.4 is 10.1 Å². The number of amides is 1. The summed E-state index contributed by atoms with van der Waals surface area (Å²) in [6.07, 6.45) is 6.73. The fourth-order valence-corrected chi connectivity index (χ4v) is 5.65. The van der Waals surface area contributed by atoms with Crippen LogP contribution in [0.1, 0.15) is 38.5 Å². The third kappa shape index (κ3) is 3.94. The van der Waals surface area contributed by atoms with E-state index in [2.05, 4.69) is 5.32 Å². The summed E-state index contributed by atoms with van der Waals surface area (Å²) < 4.78 is 23.7. The second kappa shape index (κ2) is 7.49. The van der Waals surface area contributed by atoms with Crippen LogP contribution in [0, 0.1) is 29.0 Å². The minimum atomic E-state index is -0.495. The van der Waals surface area contributed by atoms with Gasteiger partial charge < -0.3 is 14.8 Å². The number of rotatable bonds is 7. The van der Waals surface area contributed by atoms with E-state index in [1.54, 1.807) is 12.1 Å². The van der Waals surface area contributed by atoms with Gasteiger partial charge in [-0.05, 0) is 68.4 Å². The Balaban J connectivity index is 1.18. The van der Waals surface area contributed by atoms with Crippen molar-refractivity contribution in [2.75, 3.05) is 19.8 Å². The van der Waals surface area contributed by atoms with Crippen molar-refractivity contribution in [2.24, 2.45) is 23.2 Å². The first-order valence-electron chi connectivity index (χ1n) is 9.85. The van der Waals surface area contributed by atoms with Gasteiger partial charge in [-0.25, -0.2) is 4.39 Å². The van der Waals surface area contributed by atoms with Crippen molar-refractivity contribution in [1.29, 1.82) is 0 Å². The third-order valence-corrected chi connectivity index (χ3v) is 6.35. The first kappa shape index (κ1) is 18.3. The smallest absolute Gasteiger partial charge is 0.325 e. The van der Waals surface area contributed by atoms with Gasteiger partial charge in [-0.2, -0.15) is 0 Å². The number of carbonyl (C=O) groups excluding carboxylic acids is 2. The number of halogens is 1. The minimum Gasteiger partial charge on any atom is -0.487 e. The Morgan fingerprint density at radius 2 is 1.67 bits per heavy atom. The molecule has 0 spiro atoms. The number of nitrogens with one attached hydrogen (secondary N) is 1. The molecule has 0 aliphatic heterocycles. The summed E-state index contributed by atoms with van der Waals surface area (Å²) in [7, 11) is 0. The van der Waals surface area contributed by atoms with Crippen LogP contribution in [-0.4, -0.2) is 31.6 Å². The summed E-state index contributed by atoms with van der Waals surface area (Å²) in [5.74, 6) is 1.25. The average molecular weight is 375 g/mol. The van der Waals surface area contributed by atoms with E-state index in [9.17, 15) is 14.0 Å². The maximum atomic E-state index is 13.4. The first-order chi connectivity index (χ1) is 13.0. The summed E-state index contributed by atoms with van der Waals surface area (Å²) in [5.41, 5.74) is -0.261. The van der Waals surface area contributed by atoms with Crippen molar-refractivity contribution in [1.82, 2.24) is 5.32 Å². The summed E-state index contributed by atoms with van der Waals surface area (Å²) in [6.45, 7) is -0.0454. The molecule has 4 fully saturated rings. The molecule has 4 bridgehead atoms. The lowest BCUT2D eigenvalue weighted by Gasteiger charge is -2.55. The molecule has 0 saturated heterocycles. The number of carbonyl (C=O) groups is 2. The molecule has 5 nitrogen and oxygen atoms in total. The molecule has 4 aliphatic rings. The Morgan fingerprint density at radius 1 is 1.04 bits per heavy atom. The highest BCUT2D eigenvalue weighted by Crippen LogP contribution is 2.60. The number of hydrogen-bond donors (Lipinski definition) is 1. The van der Waals surface area contributed by atoms with Gasteiger partial charge in [-0.3, -0.25) is 9.59 Å². The molecule has 1 aromatic carbocycles. The first-order valence-corrected chi connectivity index (χ1v) is 9.85. The van der Waals surface area contributed by atoms with Crippen LogP contribution in [0.25, 0.3) is 0 Å². The molecule has 0 heterocycles. The lowest BCUT2D eigenvalue weighted by molar-refractivity contribution is -0.151. The molecule has 27 heavy (non-hydrogen) atoms. The van der Waals surface area contributed by atoms with Gasteiger partial charge in [0, 0.05) is 5.41 Å². The van der Waals surface area contributed by atoms with Gasteiger partial charge >= 0.3 is 5.97 Å². The highest BCUT2D eigenvalue weighted by atomic mass is 19.1. The molecule has 4 aliphatic carbocycles. The van der Waals surface area contributed by atoms with Gasteiger partial charge in [0.15, 0.2) is 11.6 Å². The predicted octanol–water partition coefficient (Wildman–Crippen LogP) is 3.08. The van der Waals surface area contributed by atoms with Crippen molar-refractivity contribution in [3.05, 3.63) is 30.1 Å². The number of hydrogen-bond acceptors (Lipinski definition) is 4. The fraction of sp³-hybridized carbons (Fsp3) is 0.619. The maximum absolute atomic E-state index is 13.4. The maximum Gasteiger partial charge on any atom is 0.325 e. The van der Waals surface area contributed by atoms with Gasteiger partial charge in [0.25, 0.3) is 0 Å². The van der Waals surface area contributed by atoms with E-state index in [0.29, 0.717) is 17.8 Å². The summed E-state index contributed by atoms with van der Waals surface area (Å²) >= 11 is 0. The quantitative estimate of drug-likeness (QED) is 0.588. The lowest BCUT2D eigenvalue weighted by atomic mass is 9.49. The summed E-state index contributed by atoms with van der Waals surface area (Å²) in [6, 6.07) is 6.07. The highest BCUT2D eigenvalue weighted by molar-refractivity contribution is 5.86. The fourth-order valence-electron chi connectivity index (χ4n) is 5.65. The lowest BCUT2D eigenvalue weighted by Crippen LogP contribution is -2.54. The molecule has 0 atom stereocenters. The molecule has 1 amide bonds. The largest absolute Gasteiger partial charge is 0.487 e. The molecule has 4 saturated carbocycles. The monoisotopic (exact) mass is 375 g/mol. The molecule has 5 rings (SSSR count). The van der Waals surface area contributed by atoms with E-state index in [4.69, 9.17) is 9.47 Å². The van der Waals surface area contributed by atoms with Crippen LogP contribution >= 0.6 is 0 Å². The van der Waals surface area contributed by atoms with Crippen LogP contribution in [0.5, 0.6) is 5.75 Å². The number of para-hydroxylation sites is 1. The molecule has 0 unspecified atom stereocenters. The van der Waals surface area contributed by atoms with Gasteiger partial charge in [0.05, 0.1) is 0 Å². The third-order valence-electron chi connectivity index (χ3n) is 6.35. The molecular weight excluding hydrogens is 349 g/mol. The zero-order valence-electron chi connectivity index (χ0n) is 15.4. The van der Waals surface area contributed by atoms with Crippen LogP contribution in [0.2, 0.25) is 0 Å². The summed E-state index contributed by atoms with van der Waals surface area (Å²) in [5, 5.41) is 2.79. The second-order valence-electron chi connectivity index (χ2n) is 8.38. The zero-order chi connectivity index (χ0) is 18.9. The molecule has 0 aromatic heterocycles. The number of ether oxygens (including phenoxy) is 2. The van der Waals surface area contributed by atoms with Gasteiger partial charge in [-0.1, -0.05) is 12.1 Å². The van der Waals surface area contributed by atoms with E-state index in [1.165, 1.54) is 31.4 Å². The average Bonchev–Trinajstić information content (AvgIpc) is 2.63. The van der Waals surface area contributed by atoms with E-state index in [0.717, 1.165) is 19.3 Å². The van der Waals surface area contributed by atoms with Crippen molar-refractivity contribution in [2.45, 2.75) is 38.5 Å². The van der Waals surface area contributed by atoms with Crippen LogP contribution in [-0.2, 0) is 14.3 Å². The number of benzene rings is 1. The normalized spacial score (nSPS) is 30.8. The van der Waals surface area contributed by atoms with Crippen molar-refractivity contribution >= 4 is 11.9 Å². The highest BCUT2D eigenvalue weighted by Gasteiger charge is 2.54. The molecule has 0 radical (unpaired) electrons. The van der Waals surface area contributed by atoms with E-state index in [-0.39, 0.29) is 36.8 Å². The van der Waals surface area contributed by atoms with Gasteiger partial charge in [0.1, 0.15) is 19.8 Å². The standard InChI is InChI=1S/C21H26FNO4/c22-17-3-1-2-4-18(17)26-5-6-27-19(24)13-23-20(25)21-10-14-7-15(11-21)9-16(8-14)12-21/h1-4,14-16H,5-13H2,(H,23,25). The van der Waals surface area contributed by atoms with E-state index < -0.39 is 11.8 Å². The van der Waals surface area contributed by atoms with Crippen LogP contribution in [0.15, 0.2) is 24.3 Å². The van der Waals surface area contributed by atoms with Crippen molar-refractivity contribution in [3.63, 3.8) is 0 Å². The topological polar surface area (TPSA) is 64.6 Å². The van der Waals surface area contributed by atoms with Gasteiger partial charge in [0.2, 0.25) is 5.91 Å². The van der Waals surface area contributed by atoms with E-state index >= 15 is 0 Å². The SMILES string of the molecule is O=C(CNC(=O)C12CC3CC(CC(C3)C1)C2)OCCOc1ccccc1F. The minimum absolute atomic E-state index is 0.0143. The Kier molecular flexibility index (Phi) is 5.06. The molecule has 1 N–H and O–H groups in total. The summed E-state index contributed by atoms with van der Waals surface area (Å²) in [4.78, 5) is 24.7. The zero-order valence-corrected chi connectivity index (χ0v) is 15.4. The Labute approximate surface area is 158 Å².